The lowest BCUT2D eigenvalue weighted by Crippen LogP contribution is -2.14. The zero-order valence-corrected chi connectivity index (χ0v) is 12.5. The maximum absolute atomic E-state index is 10.6. The second-order valence-corrected chi connectivity index (χ2v) is 5.00. The highest BCUT2D eigenvalue weighted by molar-refractivity contribution is 9.10. The predicted octanol–water partition coefficient (Wildman–Crippen LogP) is 2.59. The zero-order chi connectivity index (χ0) is 14.6. The maximum atomic E-state index is 10.6. The summed E-state index contributed by atoms with van der Waals surface area (Å²) in [6.45, 7) is 1.98. The lowest BCUT2D eigenvalue weighted by Gasteiger charge is -2.19. The van der Waals surface area contributed by atoms with Crippen LogP contribution in [-0.2, 0) is 11.2 Å². The van der Waals surface area contributed by atoms with Crippen molar-refractivity contribution in [1.82, 2.24) is 0 Å². The van der Waals surface area contributed by atoms with Gasteiger partial charge in [0.15, 0.2) is 11.5 Å². The molecule has 1 aromatic rings. The van der Waals surface area contributed by atoms with E-state index in [4.69, 9.17) is 15.6 Å². The van der Waals surface area contributed by atoms with Crippen LogP contribution in [0.2, 0.25) is 0 Å². The number of hydrogen-bond donors (Lipinski definition) is 3. The summed E-state index contributed by atoms with van der Waals surface area (Å²) in [4.78, 5) is 10.6. The Hall–Kier alpha value is -1.27. The number of carboxylic acid groups (broad SMARTS) is 1. The summed E-state index contributed by atoms with van der Waals surface area (Å²) in [7, 11) is 1.47. The summed E-state index contributed by atoms with van der Waals surface area (Å²) in [5, 5.41) is 18.8. The number of ether oxygens (including phenoxy) is 1. The fourth-order valence-electron chi connectivity index (χ4n) is 1.87. The lowest BCUT2D eigenvalue weighted by atomic mass is 9.98. The molecule has 0 aliphatic rings. The second-order valence-electron chi connectivity index (χ2n) is 4.21. The van der Waals surface area contributed by atoms with Gasteiger partial charge in [-0.25, -0.2) is 0 Å². The van der Waals surface area contributed by atoms with Crippen molar-refractivity contribution in [2.75, 3.05) is 7.11 Å². The summed E-state index contributed by atoms with van der Waals surface area (Å²) in [5.41, 5.74) is 7.43. The summed E-state index contributed by atoms with van der Waals surface area (Å²) in [6.07, 6.45) is 0.944. The Balaban J connectivity index is 3.20. The quantitative estimate of drug-likeness (QED) is 0.745. The molecule has 0 aliphatic carbocycles. The van der Waals surface area contributed by atoms with Gasteiger partial charge in [-0.05, 0) is 24.5 Å². The number of carboxylic acids is 1. The Labute approximate surface area is 120 Å². The summed E-state index contributed by atoms with van der Waals surface area (Å²) in [5.74, 6) is -0.602. The third-order valence-corrected chi connectivity index (χ3v) is 3.89. The predicted molar refractivity (Wildman–Crippen MR) is 75.5 cm³/mol. The molecule has 1 unspecified atom stereocenters. The van der Waals surface area contributed by atoms with E-state index in [9.17, 15) is 9.90 Å². The van der Waals surface area contributed by atoms with Crippen LogP contribution in [0, 0.1) is 0 Å². The van der Waals surface area contributed by atoms with Gasteiger partial charge in [0.05, 0.1) is 7.11 Å². The standard InChI is InChI=1S/C13H18BrNO4/c1-3-7-6-9(19-2)13(18)11(12(7)14)8(15)4-5-10(16)17/h6,8,18H,3-5,15H2,1-2H3,(H,16,17). The van der Waals surface area contributed by atoms with Crippen molar-refractivity contribution in [3.05, 3.63) is 21.7 Å². The van der Waals surface area contributed by atoms with Crippen molar-refractivity contribution in [3.63, 3.8) is 0 Å². The number of phenolic OH excluding ortho intramolecular Hbond substituents is 1. The molecular weight excluding hydrogens is 314 g/mol. The van der Waals surface area contributed by atoms with Gasteiger partial charge in [0.25, 0.3) is 0 Å². The smallest absolute Gasteiger partial charge is 0.303 e. The molecule has 0 bridgehead atoms. The number of hydrogen-bond acceptors (Lipinski definition) is 4. The molecule has 0 spiro atoms. The number of aryl methyl sites for hydroxylation is 1. The van der Waals surface area contributed by atoms with Crippen molar-refractivity contribution in [2.45, 2.75) is 32.2 Å². The van der Waals surface area contributed by atoms with Gasteiger partial charge in [-0.2, -0.15) is 0 Å². The Morgan fingerprint density at radius 3 is 2.68 bits per heavy atom. The number of aromatic hydroxyl groups is 1. The van der Waals surface area contributed by atoms with Gasteiger partial charge in [0, 0.05) is 22.5 Å². The first-order valence-electron chi connectivity index (χ1n) is 5.97. The fourth-order valence-corrected chi connectivity index (χ4v) is 2.75. The van der Waals surface area contributed by atoms with Crippen LogP contribution < -0.4 is 10.5 Å². The topological polar surface area (TPSA) is 92.8 Å². The van der Waals surface area contributed by atoms with Gasteiger partial charge in [0.1, 0.15) is 0 Å². The van der Waals surface area contributed by atoms with Crippen LogP contribution in [0.3, 0.4) is 0 Å². The molecule has 1 atom stereocenters. The maximum Gasteiger partial charge on any atom is 0.303 e. The van der Waals surface area contributed by atoms with Crippen molar-refractivity contribution in [1.29, 1.82) is 0 Å². The highest BCUT2D eigenvalue weighted by Gasteiger charge is 2.21. The molecule has 0 radical (unpaired) electrons. The minimum Gasteiger partial charge on any atom is -0.504 e. The molecule has 0 fully saturated rings. The first kappa shape index (κ1) is 15.8. The van der Waals surface area contributed by atoms with Crippen molar-refractivity contribution < 1.29 is 19.7 Å². The van der Waals surface area contributed by atoms with Crippen LogP contribution >= 0.6 is 15.9 Å². The van der Waals surface area contributed by atoms with Gasteiger partial charge in [-0.3, -0.25) is 4.79 Å². The van der Waals surface area contributed by atoms with E-state index in [0.29, 0.717) is 15.8 Å². The molecule has 1 rings (SSSR count). The fraction of sp³-hybridized carbons (Fsp3) is 0.462. The highest BCUT2D eigenvalue weighted by Crippen LogP contribution is 2.42. The van der Waals surface area contributed by atoms with E-state index >= 15 is 0 Å². The van der Waals surface area contributed by atoms with Crippen LogP contribution in [0.1, 0.15) is 36.9 Å². The van der Waals surface area contributed by atoms with E-state index in [-0.39, 0.29) is 18.6 Å². The van der Waals surface area contributed by atoms with Crippen LogP contribution in [0.4, 0.5) is 0 Å². The Morgan fingerprint density at radius 2 is 2.21 bits per heavy atom. The highest BCUT2D eigenvalue weighted by atomic mass is 79.9. The third-order valence-electron chi connectivity index (χ3n) is 2.95. The first-order valence-corrected chi connectivity index (χ1v) is 6.77. The minimum atomic E-state index is -0.912. The molecule has 6 heteroatoms. The van der Waals surface area contributed by atoms with Gasteiger partial charge >= 0.3 is 5.97 Å². The summed E-state index contributed by atoms with van der Waals surface area (Å²) in [6, 6.07) is 1.18. The average Bonchev–Trinajstić information content (AvgIpc) is 2.37. The van der Waals surface area contributed by atoms with Crippen molar-refractivity contribution in [3.8, 4) is 11.5 Å². The number of nitrogens with two attached hydrogens (primary N) is 1. The third kappa shape index (κ3) is 3.61. The molecule has 0 saturated heterocycles. The Kier molecular flexibility index (Phi) is 5.62. The molecule has 0 heterocycles. The number of carbonyl (C=O) groups is 1. The normalized spacial score (nSPS) is 12.2. The first-order chi connectivity index (χ1) is 8.92. The molecular formula is C13H18BrNO4. The Bertz CT molecular complexity index is 448. The number of rotatable bonds is 6. The number of phenols is 1. The average molecular weight is 332 g/mol. The van der Waals surface area contributed by atoms with E-state index in [1.54, 1.807) is 6.07 Å². The number of benzene rings is 1. The van der Waals surface area contributed by atoms with Gasteiger partial charge in [-0.1, -0.05) is 22.9 Å². The minimum absolute atomic E-state index is 0.0375. The van der Waals surface area contributed by atoms with E-state index in [0.717, 1.165) is 12.0 Å². The van der Waals surface area contributed by atoms with Crippen LogP contribution in [0.5, 0.6) is 11.5 Å². The molecule has 4 N–H and O–H groups in total. The van der Waals surface area contributed by atoms with Gasteiger partial charge in [-0.15, -0.1) is 0 Å². The number of methoxy groups -OCH3 is 1. The number of aliphatic carboxylic acids is 1. The van der Waals surface area contributed by atoms with Gasteiger partial charge in [0.2, 0.25) is 0 Å². The largest absolute Gasteiger partial charge is 0.504 e. The van der Waals surface area contributed by atoms with Gasteiger partial charge < -0.3 is 20.7 Å². The van der Waals surface area contributed by atoms with Crippen molar-refractivity contribution >= 4 is 21.9 Å². The molecule has 1 aromatic carbocycles. The second kappa shape index (κ2) is 6.77. The van der Waals surface area contributed by atoms with E-state index in [2.05, 4.69) is 15.9 Å². The molecule has 19 heavy (non-hydrogen) atoms. The zero-order valence-electron chi connectivity index (χ0n) is 10.9. The molecule has 0 saturated carbocycles. The van der Waals surface area contributed by atoms with Crippen LogP contribution in [-0.4, -0.2) is 23.3 Å². The van der Waals surface area contributed by atoms with E-state index in [1.807, 2.05) is 6.92 Å². The van der Waals surface area contributed by atoms with Crippen LogP contribution in [0.15, 0.2) is 10.5 Å². The molecule has 0 amide bonds. The monoisotopic (exact) mass is 331 g/mol. The Morgan fingerprint density at radius 1 is 1.58 bits per heavy atom. The SMILES string of the molecule is CCc1cc(OC)c(O)c(C(N)CCC(=O)O)c1Br. The van der Waals surface area contributed by atoms with Crippen LogP contribution in [0.25, 0.3) is 0 Å². The molecule has 106 valence electrons. The molecule has 0 aliphatic heterocycles. The lowest BCUT2D eigenvalue weighted by molar-refractivity contribution is -0.137. The van der Waals surface area contributed by atoms with E-state index < -0.39 is 12.0 Å². The molecule has 5 nitrogen and oxygen atoms in total. The van der Waals surface area contributed by atoms with Crippen molar-refractivity contribution in [2.24, 2.45) is 5.73 Å². The summed E-state index contributed by atoms with van der Waals surface area (Å²) >= 11 is 3.42. The summed E-state index contributed by atoms with van der Waals surface area (Å²) < 4.78 is 5.83. The van der Waals surface area contributed by atoms with E-state index in [1.165, 1.54) is 7.11 Å². The molecule has 0 aromatic heterocycles. The number of halogens is 1.